The molecule has 1 heterocycles. The average molecular weight is 227 g/mol. The van der Waals surface area contributed by atoms with Crippen LogP contribution in [-0.2, 0) is 16.8 Å². The number of fused-ring (bicyclic) bond motifs is 2. The van der Waals surface area contributed by atoms with E-state index in [9.17, 15) is 9.59 Å². The number of rotatable bonds is 0. The summed E-state index contributed by atoms with van der Waals surface area (Å²) in [5.41, 5.74) is 1.42. The molecule has 1 spiro atoms. The number of carbonyl (C=O) groups excluding carboxylic acids is 2. The fourth-order valence-corrected chi connectivity index (χ4v) is 2.60. The number of hydrogen-bond acceptors (Lipinski definition) is 3. The highest BCUT2D eigenvalue weighted by Crippen LogP contribution is 2.39. The molecule has 3 amide bonds. The standard InChI is InChI=1S/C12H9N3O2/c13-6-7-1-2-9-8(5-7)3-4-12(9)10(16)14-11(17)15-12/h1-2,5H,3-4H2,(H2,14,15,16,17). The van der Waals surface area contributed by atoms with Crippen LogP contribution in [0.15, 0.2) is 18.2 Å². The van der Waals surface area contributed by atoms with Crippen molar-refractivity contribution in [3.05, 3.63) is 34.9 Å². The van der Waals surface area contributed by atoms with E-state index in [-0.39, 0.29) is 5.91 Å². The lowest BCUT2D eigenvalue weighted by atomic mass is 9.91. The molecule has 84 valence electrons. The van der Waals surface area contributed by atoms with Gasteiger partial charge in [-0.05, 0) is 36.1 Å². The van der Waals surface area contributed by atoms with E-state index in [2.05, 4.69) is 16.7 Å². The van der Waals surface area contributed by atoms with Gasteiger partial charge in [-0.3, -0.25) is 10.1 Å². The molecule has 2 N–H and O–H groups in total. The molecular weight excluding hydrogens is 218 g/mol. The summed E-state index contributed by atoms with van der Waals surface area (Å²) < 4.78 is 0. The van der Waals surface area contributed by atoms with E-state index in [1.807, 2.05) is 0 Å². The second kappa shape index (κ2) is 3.08. The Hall–Kier alpha value is -2.35. The number of nitrogens with zero attached hydrogens (tertiary/aromatic N) is 1. The lowest BCUT2D eigenvalue weighted by Gasteiger charge is -2.20. The molecule has 1 atom stereocenters. The van der Waals surface area contributed by atoms with Gasteiger partial charge < -0.3 is 5.32 Å². The number of nitriles is 1. The van der Waals surface area contributed by atoms with E-state index in [0.717, 1.165) is 11.1 Å². The fourth-order valence-electron chi connectivity index (χ4n) is 2.60. The quantitative estimate of drug-likeness (QED) is 0.634. The summed E-state index contributed by atoms with van der Waals surface area (Å²) in [7, 11) is 0. The molecule has 1 aromatic rings. The van der Waals surface area contributed by atoms with Crippen LogP contribution in [0.1, 0.15) is 23.1 Å². The topological polar surface area (TPSA) is 82.0 Å². The molecule has 2 aliphatic rings. The van der Waals surface area contributed by atoms with Crippen molar-refractivity contribution >= 4 is 11.9 Å². The van der Waals surface area contributed by atoms with Gasteiger partial charge in [0, 0.05) is 0 Å². The van der Waals surface area contributed by atoms with Crippen molar-refractivity contribution in [3.63, 3.8) is 0 Å². The molecular formula is C12H9N3O2. The van der Waals surface area contributed by atoms with Crippen LogP contribution in [-0.4, -0.2) is 11.9 Å². The van der Waals surface area contributed by atoms with Crippen LogP contribution in [0.4, 0.5) is 4.79 Å². The average Bonchev–Trinajstić information content (AvgIpc) is 2.81. The SMILES string of the molecule is N#Cc1ccc2c(c1)CCC21NC(=O)NC1=O. The molecule has 1 aromatic carbocycles. The number of urea groups is 1. The van der Waals surface area contributed by atoms with Gasteiger partial charge in [0.15, 0.2) is 0 Å². The van der Waals surface area contributed by atoms with Crippen molar-refractivity contribution in [2.45, 2.75) is 18.4 Å². The highest BCUT2D eigenvalue weighted by atomic mass is 16.2. The van der Waals surface area contributed by atoms with Gasteiger partial charge in [-0.1, -0.05) is 6.07 Å². The molecule has 1 aliphatic heterocycles. The Balaban J connectivity index is 2.14. The number of imide groups is 1. The van der Waals surface area contributed by atoms with Gasteiger partial charge in [0.2, 0.25) is 0 Å². The number of aryl methyl sites for hydroxylation is 1. The predicted molar refractivity (Wildman–Crippen MR) is 57.8 cm³/mol. The molecule has 1 unspecified atom stereocenters. The number of hydrogen-bond donors (Lipinski definition) is 2. The van der Waals surface area contributed by atoms with Crippen LogP contribution in [0.2, 0.25) is 0 Å². The van der Waals surface area contributed by atoms with E-state index in [4.69, 9.17) is 5.26 Å². The van der Waals surface area contributed by atoms with E-state index in [1.165, 1.54) is 0 Å². The highest BCUT2D eigenvalue weighted by Gasteiger charge is 2.51. The predicted octanol–water partition coefficient (Wildman–Crippen LogP) is 0.539. The monoisotopic (exact) mass is 227 g/mol. The third-order valence-corrected chi connectivity index (χ3v) is 3.41. The van der Waals surface area contributed by atoms with Gasteiger partial charge in [0.25, 0.3) is 5.91 Å². The van der Waals surface area contributed by atoms with Gasteiger partial charge in [0.05, 0.1) is 11.6 Å². The molecule has 5 nitrogen and oxygen atoms in total. The summed E-state index contributed by atoms with van der Waals surface area (Å²) in [6.07, 6.45) is 1.24. The summed E-state index contributed by atoms with van der Waals surface area (Å²) in [5, 5.41) is 13.8. The second-order valence-electron chi connectivity index (χ2n) is 4.30. The Labute approximate surface area is 97.4 Å². The third-order valence-electron chi connectivity index (χ3n) is 3.41. The van der Waals surface area contributed by atoms with E-state index >= 15 is 0 Å². The van der Waals surface area contributed by atoms with Gasteiger partial charge >= 0.3 is 6.03 Å². The van der Waals surface area contributed by atoms with E-state index in [0.29, 0.717) is 18.4 Å². The number of benzene rings is 1. The number of amides is 3. The molecule has 0 bridgehead atoms. The van der Waals surface area contributed by atoms with Crippen LogP contribution in [0.25, 0.3) is 0 Å². The van der Waals surface area contributed by atoms with Crippen molar-refractivity contribution in [3.8, 4) is 6.07 Å². The second-order valence-corrected chi connectivity index (χ2v) is 4.30. The summed E-state index contributed by atoms with van der Waals surface area (Å²) in [4.78, 5) is 23.1. The largest absolute Gasteiger partial charge is 0.322 e. The number of nitrogens with one attached hydrogen (secondary N) is 2. The first-order valence-electron chi connectivity index (χ1n) is 5.33. The summed E-state index contributed by atoms with van der Waals surface area (Å²) in [6.45, 7) is 0. The molecule has 1 saturated heterocycles. The molecule has 0 saturated carbocycles. The Morgan fingerprint density at radius 2 is 2.18 bits per heavy atom. The smallest absolute Gasteiger partial charge is 0.319 e. The Morgan fingerprint density at radius 1 is 1.35 bits per heavy atom. The molecule has 1 fully saturated rings. The molecule has 0 radical (unpaired) electrons. The summed E-state index contributed by atoms with van der Waals surface area (Å²) in [6, 6.07) is 6.82. The zero-order chi connectivity index (χ0) is 12.0. The lowest BCUT2D eigenvalue weighted by Crippen LogP contribution is -2.41. The number of carbonyl (C=O) groups is 2. The van der Waals surface area contributed by atoms with Crippen molar-refractivity contribution in [1.29, 1.82) is 5.26 Å². The summed E-state index contributed by atoms with van der Waals surface area (Å²) in [5.74, 6) is -0.300. The molecule has 3 rings (SSSR count). The van der Waals surface area contributed by atoms with Crippen molar-refractivity contribution < 1.29 is 9.59 Å². The first-order chi connectivity index (χ1) is 8.15. The van der Waals surface area contributed by atoms with Crippen molar-refractivity contribution in [2.24, 2.45) is 0 Å². The van der Waals surface area contributed by atoms with Crippen LogP contribution >= 0.6 is 0 Å². The van der Waals surface area contributed by atoms with Gasteiger partial charge in [-0.25, -0.2) is 4.79 Å². The van der Waals surface area contributed by atoms with Crippen molar-refractivity contribution in [1.82, 2.24) is 10.6 Å². The molecule has 5 heteroatoms. The maximum absolute atomic E-state index is 11.9. The van der Waals surface area contributed by atoms with Crippen molar-refractivity contribution in [2.75, 3.05) is 0 Å². The van der Waals surface area contributed by atoms with E-state index in [1.54, 1.807) is 18.2 Å². The van der Waals surface area contributed by atoms with E-state index < -0.39 is 11.6 Å². The minimum Gasteiger partial charge on any atom is -0.319 e. The Morgan fingerprint density at radius 3 is 2.82 bits per heavy atom. The maximum atomic E-state index is 11.9. The maximum Gasteiger partial charge on any atom is 0.322 e. The zero-order valence-electron chi connectivity index (χ0n) is 8.91. The first kappa shape index (κ1) is 9.85. The van der Waals surface area contributed by atoms with Crippen LogP contribution in [0.5, 0.6) is 0 Å². The fraction of sp³-hybridized carbons (Fsp3) is 0.250. The van der Waals surface area contributed by atoms with Gasteiger partial charge in [-0.2, -0.15) is 5.26 Å². The zero-order valence-corrected chi connectivity index (χ0v) is 8.91. The Kier molecular flexibility index (Phi) is 1.78. The van der Waals surface area contributed by atoms with Crippen LogP contribution in [0.3, 0.4) is 0 Å². The van der Waals surface area contributed by atoms with Crippen LogP contribution < -0.4 is 10.6 Å². The highest BCUT2D eigenvalue weighted by molar-refractivity contribution is 6.08. The van der Waals surface area contributed by atoms with Gasteiger partial charge in [-0.15, -0.1) is 0 Å². The lowest BCUT2D eigenvalue weighted by molar-refractivity contribution is -0.124. The molecule has 17 heavy (non-hydrogen) atoms. The minimum absolute atomic E-state index is 0.300. The molecule has 1 aliphatic carbocycles. The van der Waals surface area contributed by atoms with Crippen LogP contribution in [0, 0.1) is 11.3 Å². The third kappa shape index (κ3) is 1.18. The first-order valence-corrected chi connectivity index (χ1v) is 5.33. The van der Waals surface area contributed by atoms with Gasteiger partial charge in [0.1, 0.15) is 5.54 Å². The Bertz CT molecular complexity index is 588. The summed E-state index contributed by atoms with van der Waals surface area (Å²) >= 11 is 0. The minimum atomic E-state index is -0.916. The molecule has 0 aromatic heterocycles. The normalized spacial score (nSPS) is 25.4.